The molecule has 19 heavy (non-hydrogen) atoms. The average molecular weight is 260 g/mol. The molecule has 0 aromatic carbocycles. The molecule has 1 atom stereocenters. The first-order valence-corrected chi connectivity index (χ1v) is 6.58. The molecule has 0 fully saturated rings. The molecule has 0 aliphatic rings. The maximum atomic E-state index is 4.22. The molecule has 1 unspecified atom stereocenters. The van der Waals surface area contributed by atoms with E-state index in [-0.39, 0.29) is 6.04 Å². The Hall–Kier alpha value is -2.11. The van der Waals surface area contributed by atoms with Gasteiger partial charge in [0.05, 0.1) is 6.54 Å². The van der Waals surface area contributed by atoms with E-state index in [0.717, 1.165) is 31.1 Å². The molecule has 0 spiro atoms. The van der Waals surface area contributed by atoms with Crippen LogP contribution in [0.15, 0.2) is 30.9 Å². The van der Waals surface area contributed by atoms with Gasteiger partial charge in [0.2, 0.25) is 0 Å². The van der Waals surface area contributed by atoms with Crippen LogP contribution in [0.4, 0.5) is 11.6 Å². The van der Waals surface area contributed by atoms with E-state index in [9.17, 15) is 0 Å². The lowest BCUT2D eigenvalue weighted by Crippen LogP contribution is -2.22. The molecular formula is C13H20N6. The molecule has 6 heteroatoms. The Bertz CT molecular complexity index is 482. The van der Waals surface area contributed by atoms with Crippen LogP contribution in [0.2, 0.25) is 0 Å². The van der Waals surface area contributed by atoms with Crippen molar-refractivity contribution in [3.63, 3.8) is 0 Å². The highest BCUT2D eigenvalue weighted by molar-refractivity contribution is 5.46. The van der Waals surface area contributed by atoms with Crippen molar-refractivity contribution in [1.29, 1.82) is 0 Å². The second-order valence-electron chi connectivity index (χ2n) is 4.49. The molecule has 6 nitrogen and oxygen atoms in total. The summed E-state index contributed by atoms with van der Waals surface area (Å²) in [5.41, 5.74) is 0. The van der Waals surface area contributed by atoms with Crippen LogP contribution >= 0.6 is 0 Å². The summed E-state index contributed by atoms with van der Waals surface area (Å²) < 4.78 is 1.90. The molecule has 0 aliphatic carbocycles. The summed E-state index contributed by atoms with van der Waals surface area (Å²) in [5, 5.41) is 10.8. The molecule has 0 radical (unpaired) electrons. The lowest BCUT2D eigenvalue weighted by Gasteiger charge is -2.15. The Morgan fingerprint density at radius 2 is 2.16 bits per heavy atom. The fourth-order valence-electron chi connectivity index (χ4n) is 1.77. The van der Waals surface area contributed by atoms with Crippen LogP contribution < -0.4 is 10.6 Å². The van der Waals surface area contributed by atoms with Crippen LogP contribution in [0, 0.1) is 0 Å². The largest absolute Gasteiger partial charge is 0.370 e. The zero-order valence-corrected chi connectivity index (χ0v) is 11.4. The Morgan fingerprint density at radius 1 is 1.32 bits per heavy atom. The van der Waals surface area contributed by atoms with Gasteiger partial charge in [-0.15, -0.1) is 0 Å². The Morgan fingerprint density at radius 3 is 2.89 bits per heavy atom. The first kappa shape index (κ1) is 13.3. The number of rotatable bonds is 7. The summed E-state index contributed by atoms with van der Waals surface area (Å²) in [5.74, 6) is 1.68. The molecule has 0 saturated carbocycles. The molecule has 102 valence electrons. The third-order valence-corrected chi connectivity index (χ3v) is 2.64. The number of nitrogens with one attached hydrogen (secondary N) is 2. The van der Waals surface area contributed by atoms with Gasteiger partial charge in [0.25, 0.3) is 0 Å². The zero-order chi connectivity index (χ0) is 13.5. The van der Waals surface area contributed by atoms with Crippen molar-refractivity contribution in [1.82, 2.24) is 19.7 Å². The Balaban J connectivity index is 1.90. The van der Waals surface area contributed by atoms with Crippen LogP contribution in [-0.2, 0) is 6.54 Å². The molecule has 0 amide bonds. The molecule has 0 saturated heterocycles. The molecular weight excluding hydrogens is 240 g/mol. The fourth-order valence-corrected chi connectivity index (χ4v) is 1.77. The van der Waals surface area contributed by atoms with Gasteiger partial charge in [0.1, 0.15) is 18.0 Å². The average Bonchev–Trinajstić information content (AvgIpc) is 2.89. The van der Waals surface area contributed by atoms with Crippen LogP contribution in [-0.4, -0.2) is 32.3 Å². The van der Waals surface area contributed by atoms with E-state index >= 15 is 0 Å². The fraction of sp³-hybridized carbons (Fsp3) is 0.462. The van der Waals surface area contributed by atoms with E-state index in [1.54, 1.807) is 12.5 Å². The molecule has 2 aromatic rings. The van der Waals surface area contributed by atoms with Crippen molar-refractivity contribution in [3.05, 3.63) is 30.9 Å². The summed E-state index contributed by atoms with van der Waals surface area (Å²) in [6.07, 6.45) is 6.37. The van der Waals surface area contributed by atoms with E-state index in [2.05, 4.69) is 39.5 Å². The van der Waals surface area contributed by atoms with Gasteiger partial charge in [-0.05, 0) is 19.4 Å². The predicted molar refractivity (Wildman–Crippen MR) is 76.1 cm³/mol. The van der Waals surface area contributed by atoms with Crippen molar-refractivity contribution in [2.24, 2.45) is 0 Å². The second-order valence-corrected chi connectivity index (χ2v) is 4.49. The number of hydrogen-bond acceptors (Lipinski definition) is 5. The minimum atomic E-state index is 0.244. The van der Waals surface area contributed by atoms with Gasteiger partial charge >= 0.3 is 0 Å². The van der Waals surface area contributed by atoms with Gasteiger partial charge in [-0.1, -0.05) is 6.92 Å². The van der Waals surface area contributed by atoms with Gasteiger partial charge < -0.3 is 10.6 Å². The van der Waals surface area contributed by atoms with Crippen molar-refractivity contribution < 1.29 is 0 Å². The standard InChI is InChI=1S/C13H20N6/c1-3-5-14-12-8-13(16-10-15-12)18-11(2)9-19-7-4-6-17-19/h4,6-8,10-11H,3,5,9H2,1-2H3,(H2,14,15,16,18). The maximum absolute atomic E-state index is 4.22. The lowest BCUT2D eigenvalue weighted by molar-refractivity contribution is 0.559. The second kappa shape index (κ2) is 6.72. The normalized spacial score (nSPS) is 12.1. The van der Waals surface area contributed by atoms with E-state index in [1.165, 1.54) is 0 Å². The van der Waals surface area contributed by atoms with Crippen molar-refractivity contribution in [2.75, 3.05) is 17.2 Å². The van der Waals surface area contributed by atoms with E-state index in [0.29, 0.717) is 0 Å². The number of nitrogens with zero attached hydrogens (tertiary/aromatic N) is 4. The number of hydrogen-bond donors (Lipinski definition) is 2. The predicted octanol–water partition coefficient (Wildman–Crippen LogP) is 2.00. The molecule has 0 aliphatic heterocycles. The van der Waals surface area contributed by atoms with Crippen LogP contribution in [0.25, 0.3) is 0 Å². The monoisotopic (exact) mass is 260 g/mol. The zero-order valence-electron chi connectivity index (χ0n) is 11.4. The quantitative estimate of drug-likeness (QED) is 0.797. The summed E-state index contributed by atoms with van der Waals surface area (Å²) >= 11 is 0. The molecule has 2 N–H and O–H groups in total. The maximum Gasteiger partial charge on any atom is 0.131 e. The minimum Gasteiger partial charge on any atom is -0.370 e. The number of aromatic nitrogens is 4. The lowest BCUT2D eigenvalue weighted by atomic mass is 10.3. The minimum absolute atomic E-state index is 0.244. The SMILES string of the molecule is CCCNc1cc(NC(C)Cn2cccn2)ncn1. The molecule has 2 aromatic heterocycles. The van der Waals surface area contributed by atoms with Crippen LogP contribution in [0.3, 0.4) is 0 Å². The van der Waals surface area contributed by atoms with Crippen molar-refractivity contribution in [2.45, 2.75) is 32.9 Å². The van der Waals surface area contributed by atoms with Gasteiger partial charge in [-0.3, -0.25) is 4.68 Å². The first-order chi connectivity index (χ1) is 9.28. The van der Waals surface area contributed by atoms with Gasteiger partial charge in [0.15, 0.2) is 0 Å². The van der Waals surface area contributed by atoms with E-state index in [1.807, 2.05) is 23.0 Å². The molecule has 2 heterocycles. The smallest absolute Gasteiger partial charge is 0.131 e. The highest BCUT2D eigenvalue weighted by Crippen LogP contribution is 2.10. The van der Waals surface area contributed by atoms with Crippen molar-refractivity contribution >= 4 is 11.6 Å². The summed E-state index contributed by atoms with van der Waals surface area (Å²) in [7, 11) is 0. The Labute approximate surface area is 113 Å². The summed E-state index contributed by atoms with van der Waals surface area (Å²) in [6, 6.07) is 4.09. The first-order valence-electron chi connectivity index (χ1n) is 6.58. The van der Waals surface area contributed by atoms with Gasteiger partial charge in [-0.2, -0.15) is 5.10 Å². The number of anilines is 2. The molecule has 0 bridgehead atoms. The highest BCUT2D eigenvalue weighted by atomic mass is 15.3. The third-order valence-electron chi connectivity index (χ3n) is 2.64. The topological polar surface area (TPSA) is 67.7 Å². The van der Waals surface area contributed by atoms with Gasteiger partial charge in [-0.25, -0.2) is 9.97 Å². The van der Waals surface area contributed by atoms with Gasteiger partial charge in [0, 0.05) is 31.0 Å². The Kier molecular flexibility index (Phi) is 4.72. The third kappa shape index (κ3) is 4.24. The van der Waals surface area contributed by atoms with Crippen LogP contribution in [0.1, 0.15) is 20.3 Å². The van der Waals surface area contributed by atoms with E-state index in [4.69, 9.17) is 0 Å². The molecule has 2 rings (SSSR count). The summed E-state index contributed by atoms with van der Waals surface area (Å²) in [6.45, 7) is 5.94. The summed E-state index contributed by atoms with van der Waals surface area (Å²) in [4.78, 5) is 8.40. The van der Waals surface area contributed by atoms with Crippen LogP contribution in [0.5, 0.6) is 0 Å². The van der Waals surface area contributed by atoms with E-state index < -0.39 is 0 Å². The van der Waals surface area contributed by atoms with Crippen molar-refractivity contribution in [3.8, 4) is 0 Å². The highest BCUT2D eigenvalue weighted by Gasteiger charge is 2.05.